The van der Waals surface area contributed by atoms with E-state index < -0.39 is 22.8 Å². The summed E-state index contributed by atoms with van der Waals surface area (Å²) in [6.45, 7) is 21.8. The van der Waals surface area contributed by atoms with E-state index >= 15 is 0 Å². The van der Waals surface area contributed by atoms with Crippen LogP contribution in [0.5, 0.6) is 0 Å². The molecule has 0 N–H and O–H groups in total. The van der Waals surface area contributed by atoms with Gasteiger partial charge in [0.25, 0.3) is 0 Å². The summed E-state index contributed by atoms with van der Waals surface area (Å²) in [5.74, 6) is 1.27. The Labute approximate surface area is 197 Å². The second kappa shape index (κ2) is 10.3. The third kappa shape index (κ3) is 4.51. The van der Waals surface area contributed by atoms with Crippen LogP contribution in [-0.4, -0.2) is 6.19 Å². The van der Waals surface area contributed by atoms with Crippen LogP contribution < -0.4 is 5.19 Å². The Kier molecular flexibility index (Phi) is 9.52. The van der Waals surface area contributed by atoms with Crippen molar-refractivity contribution in [3.05, 3.63) is 71.5 Å². The van der Waals surface area contributed by atoms with Crippen molar-refractivity contribution >= 4 is 36.2 Å². The van der Waals surface area contributed by atoms with Crippen LogP contribution in [-0.2, 0) is 16.6 Å². The molecule has 2 unspecified atom stereocenters. The Balaban J connectivity index is 0.00000210. The van der Waals surface area contributed by atoms with Crippen LogP contribution in [0.3, 0.4) is 0 Å². The molecule has 0 bridgehead atoms. The summed E-state index contributed by atoms with van der Waals surface area (Å²) in [6, 6.07) is 11.4. The molecule has 1 aromatic carbocycles. The van der Waals surface area contributed by atoms with E-state index in [1.807, 2.05) is 7.76 Å². The smallest absolute Gasteiger partial charge is 0.147 e. The molecule has 0 saturated carbocycles. The Hall–Kier alpha value is -0.309. The molecular formula is C25H36Cl2SiTi. The van der Waals surface area contributed by atoms with E-state index in [2.05, 4.69) is 92.3 Å². The van der Waals surface area contributed by atoms with E-state index in [1.165, 1.54) is 0 Å². The first-order valence-corrected chi connectivity index (χ1v) is 16.1. The first kappa shape index (κ1) is 26.7. The van der Waals surface area contributed by atoms with E-state index in [0.29, 0.717) is 11.8 Å². The van der Waals surface area contributed by atoms with Gasteiger partial charge in [0, 0.05) is 0 Å². The summed E-state index contributed by atoms with van der Waals surface area (Å²) < 4.78 is 3.74. The number of hydrogen-bond donors (Lipinski definition) is 0. The fraction of sp³-hybridized carbons (Fsp3) is 0.440. The maximum Gasteiger partial charge on any atom is -0.147 e. The molecule has 2 aliphatic rings. The zero-order valence-corrected chi connectivity index (χ0v) is 23.6. The Morgan fingerprint density at radius 2 is 1.03 bits per heavy atom. The van der Waals surface area contributed by atoms with Crippen molar-refractivity contribution in [2.24, 2.45) is 11.8 Å². The molecule has 0 aromatic heterocycles. The molecule has 0 nitrogen and oxygen atoms in total. The average molecular weight is 483 g/mol. The molecule has 0 saturated heterocycles. The fourth-order valence-corrected chi connectivity index (χ4v) is 20.2. The third-order valence-electron chi connectivity index (χ3n) is 7.40. The summed E-state index contributed by atoms with van der Waals surface area (Å²) >= 11 is -1.63. The van der Waals surface area contributed by atoms with Crippen LogP contribution in [0, 0.1) is 11.8 Å². The first-order valence-electron chi connectivity index (χ1n) is 10.2. The van der Waals surface area contributed by atoms with Crippen molar-refractivity contribution in [3.8, 4) is 0 Å². The van der Waals surface area contributed by atoms with Crippen molar-refractivity contribution in [2.75, 3.05) is 0 Å². The van der Waals surface area contributed by atoms with Gasteiger partial charge in [-0.05, 0) is 0 Å². The maximum absolute atomic E-state index is 2.61. The number of rotatable bonds is 3. The second-order valence-electron chi connectivity index (χ2n) is 8.50. The molecule has 2 atom stereocenters. The topological polar surface area (TPSA) is 0 Å². The molecular weight excluding hydrogens is 447 g/mol. The molecule has 2 aliphatic carbocycles. The summed E-state index contributed by atoms with van der Waals surface area (Å²) in [5.41, 5.74) is 9.61. The standard InChI is InChI=1S/2C9H13.C7H8Si.2ClH.Ti/c2*1-6-5-7(2)9(4)8(6)3;1-8-7-5-3-2-4-6-7;;;/h2*6H,1-4H3;2-6H,1H3;2*1H;. The number of allylic oxidation sites excluding steroid dienone is 8. The van der Waals surface area contributed by atoms with Gasteiger partial charge in [0.15, 0.2) is 0 Å². The zero-order chi connectivity index (χ0) is 20.0. The minimum Gasteiger partial charge on any atom is -0.147 e. The molecule has 0 aliphatic heterocycles. The van der Waals surface area contributed by atoms with Crippen LogP contribution in [0.25, 0.3) is 0 Å². The molecule has 3 rings (SSSR count). The van der Waals surface area contributed by atoms with Crippen LogP contribution in [0.2, 0.25) is 6.55 Å². The van der Waals surface area contributed by atoms with E-state index in [4.69, 9.17) is 0 Å². The summed E-state index contributed by atoms with van der Waals surface area (Å²) in [4.78, 5) is 0. The predicted octanol–water partition coefficient (Wildman–Crippen LogP) is 7.50. The van der Waals surface area contributed by atoms with Crippen molar-refractivity contribution in [1.82, 2.24) is 0 Å². The summed E-state index contributed by atoms with van der Waals surface area (Å²) in [6.07, 6.45) is -0.597. The molecule has 0 heterocycles. The Bertz CT molecular complexity index is 908. The monoisotopic (exact) mass is 482 g/mol. The normalized spacial score (nSPS) is 21.6. The van der Waals surface area contributed by atoms with Gasteiger partial charge in [0.05, 0.1) is 0 Å². The minimum absolute atomic E-state index is 0. The largest absolute Gasteiger partial charge is 0.147 e. The van der Waals surface area contributed by atoms with Gasteiger partial charge in [-0.2, -0.15) is 0 Å². The second-order valence-corrected chi connectivity index (χ2v) is 18.8. The van der Waals surface area contributed by atoms with E-state index in [0.717, 1.165) is 0 Å². The van der Waals surface area contributed by atoms with Gasteiger partial charge in [-0.25, -0.2) is 0 Å². The number of halogens is 2. The van der Waals surface area contributed by atoms with Crippen LogP contribution in [0.1, 0.15) is 55.4 Å². The van der Waals surface area contributed by atoms with Gasteiger partial charge in [-0.15, -0.1) is 24.8 Å². The molecule has 0 radical (unpaired) electrons. The molecule has 4 heteroatoms. The number of hydrogen-bond acceptors (Lipinski definition) is 0. The van der Waals surface area contributed by atoms with Gasteiger partial charge >= 0.3 is 173 Å². The molecule has 1 aromatic rings. The van der Waals surface area contributed by atoms with Crippen LogP contribution in [0.15, 0.2) is 71.5 Å². The number of benzene rings is 1. The Morgan fingerprint density at radius 3 is 1.34 bits per heavy atom. The fourth-order valence-electron chi connectivity index (χ4n) is 4.92. The van der Waals surface area contributed by atoms with Crippen molar-refractivity contribution in [2.45, 2.75) is 61.9 Å². The minimum atomic E-state index is -1.63. The van der Waals surface area contributed by atoms with Crippen molar-refractivity contribution in [3.63, 3.8) is 0 Å². The molecule has 158 valence electrons. The average Bonchev–Trinajstić information content (AvgIpc) is 2.98. The molecule has 0 spiro atoms. The van der Waals surface area contributed by atoms with E-state index in [-0.39, 0.29) is 24.8 Å². The van der Waals surface area contributed by atoms with Crippen LogP contribution in [0.4, 0.5) is 0 Å². The van der Waals surface area contributed by atoms with Gasteiger partial charge in [0.1, 0.15) is 0 Å². The van der Waals surface area contributed by atoms with Crippen molar-refractivity contribution < 1.29 is 16.6 Å². The quantitative estimate of drug-likeness (QED) is 0.391. The predicted molar refractivity (Wildman–Crippen MR) is 133 cm³/mol. The molecule has 0 amide bonds. The third-order valence-corrected chi connectivity index (χ3v) is 20.6. The van der Waals surface area contributed by atoms with E-state index in [1.54, 1.807) is 38.6 Å². The summed E-state index contributed by atoms with van der Waals surface area (Å²) in [5, 5.41) is 1.63. The summed E-state index contributed by atoms with van der Waals surface area (Å²) in [7, 11) is 0. The zero-order valence-electron chi connectivity index (χ0n) is 19.4. The van der Waals surface area contributed by atoms with E-state index in [9.17, 15) is 0 Å². The van der Waals surface area contributed by atoms with Gasteiger partial charge in [0.2, 0.25) is 0 Å². The van der Waals surface area contributed by atoms with Gasteiger partial charge < -0.3 is 0 Å². The van der Waals surface area contributed by atoms with Crippen molar-refractivity contribution in [1.29, 1.82) is 0 Å². The molecule has 0 fully saturated rings. The molecule has 29 heavy (non-hydrogen) atoms. The van der Waals surface area contributed by atoms with Gasteiger partial charge in [-0.3, -0.25) is 0 Å². The SMILES string of the molecule is CC1=C(C)C(C)[C]([Ti]([C]2=C(C)C(C)=C(C)C2C)=[Si](C)c2ccccc2)=C1C.Cl.Cl. The van der Waals surface area contributed by atoms with Gasteiger partial charge in [-0.1, -0.05) is 0 Å². The van der Waals surface area contributed by atoms with Crippen LogP contribution >= 0.6 is 24.8 Å². The maximum atomic E-state index is 2.61. The Morgan fingerprint density at radius 1 is 0.655 bits per heavy atom. The first-order chi connectivity index (χ1) is 12.7.